The molecule has 3 heteroatoms. The van der Waals surface area contributed by atoms with E-state index in [2.05, 4.69) is 9.78 Å². The molecule has 0 aliphatic carbocycles. The van der Waals surface area contributed by atoms with Crippen LogP contribution in [0, 0.1) is 0 Å². The fourth-order valence-corrected chi connectivity index (χ4v) is 0.440. The van der Waals surface area contributed by atoms with Gasteiger partial charge in [0.25, 0.3) is 0 Å². The van der Waals surface area contributed by atoms with Gasteiger partial charge in [0.05, 0.1) is 13.2 Å². The van der Waals surface area contributed by atoms with Gasteiger partial charge in [-0.25, -0.2) is 9.78 Å². The van der Waals surface area contributed by atoms with Crippen LogP contribution in [0.4, 0.5) is 0 Å². The molecule has 1 heterocycles. The SMILES string of the molecule is C1CCOOC1.[Ca+2].[H-].[H-]. The predicted molar refractivity (Wildman–Crippen MR) is 29.1 cm³/mol. The van der Waals surface area contributed by atoms with Crippen molar-refractivity contribution >= 4 is 37.7 Å². The van der Waals surface area contributed by atoms with E-state index in [1.165, 1.54) is 0 Å². The van der Waals surface area contributed by atoms with Crippen LogP contribution in [0.2, 0.25) is 0 Å². The summed E-state index contributed by atoms with van der Waals surface area (Å²) in [4.78, 5) is 9.14. The van der Waals surface area contributed by atoms with Gasteiger partial charge < -0.3 is 2.85 Å². The molecule has 1 rings (SSSR count). The number of rotatable bonds is 0. The molecule has 0 spiro atoms. The first-order valence-electron chi connectivity index (χ1n) is 2.24. The summed E-state index contributed by atoms with van der Waals surface area (Å²) >= 11 is 0. The van der Waals surface area contributed by atoms with Crippen LogP contribution in [0.15, 0.2) is 0 Å². The quantitative estimate of drug-likeness (QED) is 0.352. The van der Waals surface area contributed by atoms with E-state index < -0.39 is 0 Å². The molecule has 0 amide bonds. The summed E-state index contributed by atoms with van der Waals surface area (Å²) in [7, 11) is 0. The minimum atomic E-state index is 0. The molecule has 0 saturated carbocycles. The third kappa shape index (κ3) is 3.74. The molecule has 0 N–H and O–H groups in total. The standard InChI is InChI=1S/C4H8O2.Ca.2H/c1-2-4-6-5-3-1;;;/h1-4H2;;;/q;+2;2*-1. The van der Waals surface area contributed by atoms with Crippen molar-refractivity contribution in [2.24, 2.45) is 0 Å². The average molecular weight is 130 g/mol. The minimum Gasteiger partial charge on any atom is -1.00 e. The first-order valence-corrected chi connectivity index (χ1v) is 2.24. The molecule has 1 saturated heterocycles. The number of hydrogen-bond acceptors (Lipinski definition) is 2. The summed E-state index contributed by atoms with van der Waals surface area (Å²) in [5.74, 6) is 0. The van der Waals surface area contributed by atoms with Crippen molar-refractivity contribution in [3.05, 3.63) is 0 Å². The summed E-state index contributed by atoms with van der Waals surface area (Å²) < 4.78 is 0. The van der Waals surface area contributed by atoms with E-state index in [1.54, 1.807) is 0 Å². The maximum absolute atomic E-state index is 4.57. The maximum Gasteiger partial charge on any atom is 2.00 e. The monoisotopic (exact) mass is 130 g/mol. The van der Waals surface area contributed by atoms with Gasteiger partial charge in [-0.05, 0) is 12.8 Å². The van der Waals surface area contributed by atoms with Crippen molar-refractivity contribution in [2.45, 2.75) is 12.8 Å². The second kappa shape index (κ2) is 5.32. The molecule has 0 radical (unpaired) electrons. The second-order valence-corrected chi connectivity index (χ2v) is 1.35. The zero-order chi connectivity index (χ0) is 4.24. The van der Waals surface area contributed by atoms with Gasteiger partial charge in [-0.15, -0.1) is 0 Å². The molecular formula is C4H10CaO2. The Balaban J connectivity index is -0.000000120. The van der Waals surface area contributed by atoms with E-state index in [4.69, 9.17) is 0 Å². The summed E-state index contributed by atoms with van der Waals surface area (Å²) in [5, 5.41) is 0. The fourth-order valence-electron chi connectivity index (χ4n) is 0.440. The van der Waals surface area contributed by atoms with Crippen molar-refractivity contribution < 1.29 is 12.6 Å². The summed E-state index contributed by atoms with van der Waals surface area (Å²) in [6, 6.07) is 0. The molecular weight excluding hydrogens is 120 g/mol. The molecule has 0 aromatic heterocycles. The molecule has 1 aliphatic heterocycles. The fraction of sp³-hybridized carbons (Fsp3) is 1.00. The molecule has 1 fully saturated rings. The molecule has 0 atom stereocenters. The molecule has 1 aliphatic rings. The number of hydrogen-bond donors (Lipinski definition) is 0. The predicted octanol–water partition coefficient (Wildman–Crippen LogP) is 0.573. The molecule has 0 bridgehead atoms. The molecule has 2 nitrogen and oxygen atoms in total. The zero-order valence-electron chi connectivity index (χ0n) is 6.35. The molecule has 0 aromatic rings. The Labute approximate surface area is 76.1 Å². The van der Waals surface area contributed by atoms with Crippen LogP contribution < -0.4 is 0 Å². The summed E-state index contributed by atoms with van der Waals surface area (Å²) in [6.45, 7) is 1.56. The first-order chi connectivity index (χ1) is 3.00. The second-order valence-electron chi connectivity index (χ2n) is 1.35. The van der Waals surface area contributed by atoms with Gasteiger partial charge >= 0.3 is 37.7 Å². The smallest absolute Gasteiger partial charge is 1.00 e. The summed E-state index contributed by atoms with van der Waals surface area (Å²) in [5.41, 5.74) is 0. The largest absolute Gasteiger partial charge is 2.00 e. The van der Waals surface area contributed by atoms with Crippen molar-refractivity contribution in [2.75, 3.05) is 13.2 Å². The maximum atomic E-state index is 4.57. The molecule has 40 valence electrons. The van der Waals surface area contributed by atoms with Crippen molar-refractivity contribution in [1.29, 1.82) is 0 Å². The van der Waals surface area contributed by atoms with Gasteiger partial charge in [0, 0.05) is 0 Å². The average Bonchev–Trinajstić information content (AvgIpc) is 1.72. The first kappa shape index (κ1) is 8.18. The van der Waals surface area contributed by atoms with Gasteiger partial charge in [-0.3, -0.25) is 0 Å². The molecule has 7 heavy (non-hydrogen) atoms. The van der Waals surface area contributed by atoms with E-state index in [-0.39, 0.29) is 40.6 Å². The Bertz CT molecular complexity index is 32.0. The van der Waals surface area contributed by atoms with Gasteiger partial charge in [0.1, 0.15) is 0 Å². The zero-order valence-corrected chi connectivity index (χ0v) is 6.56. The van der Waals surface area contributed by atoms with Gasteiger partial charge in [-0.2, -0.15) is 0 Å². The Kier molecular flexibility index (Phi) is 6.22. The Hall–Kier alpha value is 1.18. The topological polar surface area (TPSA) is 18.5 Å². The van der Waals surface area contributed by atoms with E-state index in [1.807, 2.05) is 0 Å². The van der Waals surface area contributed by atoms with Crippen LogP contribution in [0.1, 0.15) is 15.7 Å². The summed E-state index contributed by atoms with van der Waals surface area (Å²) in [6.07, 6.45) is 2.31. The van der Waals surface area contributed by atoms with Crippen LogP contribution in [-0.4, -0.2) is 51.0 Å². The Morgan fingerprint density at radius 1 is 1.00 bits per heavy atom. The Morgan fingerprint density at radius 3 is 1.57 bits per heavy atom. The minimum absolute atomic E-state index is 0. The van der Waals surface area contributed by atoms with Crippen LogP contribution >= 0.6 is 0 Å². The van der Waals surface area contributed by atoms with Crippen LogP contribution in [0.25, 0.3) is 0 Å². The van der Waals surface area contributed by atoms with Crippen molar-refractivity contribution in [3.8, 4) is 0 Å². The van der Waals surface area contributed by atoms with E-state index in [9.17, 15) is 0 Å². The third-order valence-corrected chi connectivity index (χ3v) is 0.789. The van der Waals surface area contributed by atoms with Gasteiger partial charge in [0.2, 0.25) is 0 Å². The van der Waals surface area contributed by atoms with Crippen LogP contribution in [0.5, 0.6) is 0 Å². The van der Waals surface area contributed by atoms with Crippen molar-refractivity contribution in [3.63, 3.8) is 0 Å². The van der Waals surface area contributed by atoms with Crippen LogP contribution in [0.3, 0.4) is 0 Å². The van der Waals surface area contributed by atoms with Gasteiger partial charge in [0.15, 0.2) is 0 Å². The van der Waals surface area contributed by atoms with E-state index in [0.29, 0.717) is 0 Å². The molecule has 0 aromatic carbocycles. The van der Waals surface area contributed by atoms with Crippen molar-refractivity contribution in [1.82, 2.24) is 0 Å². The normalized spacial score (nSPS) is 20.6. The van der Waals surface area contributed by atoms with Crippen LogP contribution in [-0.2, 0) is 9.78 Å². The van der Waals surface area contributed by atoms with E-state index in [0.717, 1.165) is 26.1 Å². The van der Waals surface area contributed by atoms with E-state index >= 15 is 0 Å². The molecule has 0 unspecified atom stereocenters. The van der Waals surface area contributed by atoms with Gasteiger partial charge in [-0.1, -0.05) is 0 Å². The third-order valence-electron chi connectivity index (χ3n) is 0.789. The Morgan fingerprint density at radius 2 is 1.43 bits per heavy atom.